The molecular weight excluding hydrogens is 1240 g/mol. The molecule has 0 unspecified atom stereocenters. The molecule has 0 atom stereocenters. The van der Waals surface area contributed by atoms with Crippen molar-refractivity contribution in [2.45, 2.75) is 177 Å². The van der Waals surface area contributed by atoms with Gasteiger partial charge in [-0.3, -0.25) is 42.4 Å². The first-order valence-electron chi connectivity index (χ1n) is 32.6. The number of aromatic nitrogens is 12. The van der Waals surface area contributed by atoms with Crippen molar-refractivity contribution in [2.75, 3.05) is 42.6 Å². The number of esters is 3. The molecule has 10 aromatic rings. The summed E-state index contributed by atoms with van der Waals surface area (Å²) in [6.45, 7) is 24.3. The molecule has 27 nitrogen and oxygen atoms in total. The number of nitrogens with zero attached hydrogens (tertiary/aromatic N) is 13. The number of ketones is 1. The van der Waals surface area contributed by atoms with Crippen molar-refractivity contribution in [3.63, 3.8) is 0 Å². The maximum atomic E-state index is 12.9. The molecule has 1 amide bonds. The number of fused-ring (bicyclic) bond motifs is 9. The van der Waals surface area contributed by atoms with Crippen LogP contribution < -0.4 is 16.0 Å². The number of carboxylic acid groups (broad SMARTS) is 1. The Hall–Kier alpha value is -10.3. The molecule has 27 heteroatoms. The van der Waals surface area contributed by atoms with Crippen LogP contribution in [-0.4, -0.2) is 153 Å². The van der Waals surface area contributed by atoms with Crippen molar-refractivity contribution >= 4 is 103 Å². The molecule has 514 valence electrons. The zero-order valence-corrected chi connectivity index (χ0v) is 57.6. The zero-order chi connectivity index (χ0) is 70.4. The quantitative estimate of drug-likeness (QED) is 0.00886. The zero-order valence-electron chi connectivity index (χ0n) is 57.6. The number of hydrogen-bond donors (Lipinski definition) is 5. The predicted octanol–water partition coefficient (Wildman–Crippen LogP) is 12.1. The molecule has 97 heavy (non-hydrogen) atoms. The first-order valence-corrected chi connectivity index (χ1v) is 32.6. The number of carboxylic acids is 1. The van der Waals surface area contributed by atoms with E-state index in [4.69, 9.17) is 19.2 Å². The molecule has 0 spiro atoms. The van der Waals surface area contributed by atoms with Crippen LogP contribution in [0.15, 0.2) is 84.9 Å². The van der Waals surface area contributed by atoms with E-state index in [1.807, 2.05) is 145 Å². The van der Waals surface area contributed by atoms with Crippen LogP contribution in [0.5, 0.6) is 0 Å². The van der Waals surface area contributed by atoms with Crippen molar-refractivity contribution < 1.29 is 53.3 Å². The lowest BCUT2D eigenvalue weighted by molar-refractivity contribution is -0.156. The lowest BCUT2D eigenvalue weighted by Crippen LogP contribution is -2.23. The molecule has 10 rings (SSSR count). The second kappa shape index (κ2) is 32.0. The van der Waals surface area contributed by atoms with E-state index < -0.39 is 28.7 Å². The Kier molecular flexibility index (Phi) is 23.9. The van der Waals surface area contributed by atoms with Crippen LogP contribution in [0.1, 0.15) is 193 Å². The van der Waals surface area contributed by atoms with Gasteiger partial charge in [-0.25, -0.2) is 24.8 Å². The largest absolute Gasteiger partial charge is 0.478 e. The van der Waals surface area contributed by atoms with E-state index in [-0.39, 0.29) is 29.3 Å². The standard InChI is InChI=1S/C27H31N5O3.C22H30N6O4.C21H27N5O4/c1-18-30-31-26-25(28-16-10-6-9-13-23(33)35-27(2,3)4)29-21-17-20(14-15-22(21)32(18)26)24(34)19-11-7-5-8-12-19;1-14-25-26-20-19(23-12-8-6-7-9-18(29)32-22(2,3)4)24-16-13-15(21(30)27(5)31)10-11-17(16)28(14)20;1-13-24-25-19-18(22-11-7-5-6-8-17(27)30-21(2,3)4)23-15-12-14(20(28)29)9-10-16(15)26(13)19/h5,7-8,11-12,14-15,17H,6,9-10,13,16H2,1-4H3,(H,28,29);10-11,13,31H,6-9,12H2,1-5H3,(H,23,24);9-10,12H,5-8,11H2,1-4H3,(H,22,23)(H,28,29). The van der Waals surface area contributed by atoms with Crippen LogP contribution in [0.2, 0.25) is 0 Å². The maximum Gasteiger partial charge on any atom is 0.335 e. The molecule has 0 aliphatic heterocycles. The molecule has 0 fully saturated rings. The van der Waals surface area contributed by atoms with Gasteiger partial charge in [-0.1, -0.05) is 49.6 Å². The summed E-state index contributed by atoms with van der Waals surface area (Å²) in [5, 5.41) is 54.5. The Morgan fingerprint density at radius 3 is 1.10 bits per heavy atom. The fraction of sp³-hybridized carbons (Fsp3) is 0.443. The number of amides is 1. The van der Waals surface area contributed by atoms with Crippen molar-refractivity contribution in [3.8, 4) is 0 Å². The van der Waals surface area contributed by atoms with Crippen LogP contribution in [0, 0.1) is 20.8 Å². The SMILES string of the molecule is Cc1nnc2c(NCCCCCC(=O)OC(C)(C)C)nc3cc(C(=O)N(C)O)ccc3n12.Cc1nnc2c(NCCCCCC(=O)OC(C)(C)C)nc3cc(C(=O)O)ccc3n12.Cc1nnc2c(NCCCCCC(=O)OC(C)(C)C)nc3cc(C(=O)c4ccccc4)ccc3n12. The summed E-state index contributed by atoms with van der Waals surface area (Å²) in [5.74, 6) is 1.79. The number of unbranched alkanes of at least 4 members (excludes halogenated alkanes) is 6. The number of carbonyl (C=O) groups is 6. The van der Waals surface area contributed by atoms with Gasteiger partial charge in [0, 0.05) is 62.6 Å². The van der Waals surface area contributed by atoms with E-state index >= 15 is 0 Å². The van der Waals surface area contributed by atoms with Crippen molar-refractivity contribution in [2.24, 2.45) is 0 Å². The highest BCUT2D eigenvalue weighted by molar-refractivity contribution is 6.10. The summed E-state index contributed by atoms with van der Waals surface area (Å²) in [5.41, 5.74) is 6.37. The van der Waals surface area contributed by atoms with Crippen molar-refractivity contribution in [3.05, 3.63) is 125 Å². The normalized spacial score (nSPS) is 11.7. The lowest BCUT2D eigenvalue weighted by atomic mass is 10.0. The minimum Gasteiger partial charge on any atom is -0.478 e. The van der Waals surface area contributed by atoms with Crippen molar-refractivity contribution in [1.29, 1.82) is 0 Å². The lowest BCUT2D eigenvalue weighted by Gasteiger charge is -2.19. The van der Waals surface area contributed by atoms with Gasteiger partial charge < -0.3 is 35.3 Å². The molecule has 5 N–H and O–H groups in total. The van der Waals surface area contributed by atoms with Gasteiger partial charge in [0.25, 0.3) is 5.91 Å². The Balaban J connectivity index is 0.000000186. The third-order valence-electron chi connectivity index (χ3n) is 14.9. The fourth-order valence-corrected chi connectivity index (χ4v) is 10.5. The molecule has 0 saturated heterocycles. The summed E-state index contributed by atoms with van der Waals surface area (Å²) in [4.78, 5) is 85.8. The van der Waals surface area contributed by atoms with E-state index in [1.54, 1.807) is 36.4 Å². The highest BCUT2D eigenvalue weighted by Gasteiger charge is 2.22. The summed E-state index contributed by atoms with van der Waals surface area (Å²) in [7, 11) is 1.28. The first kappa shape index (κ1) is 72.5. The van der Waals surface area contributed by atoms with E-state index in [2.05, 4.69) is 56.5 Å². The van der Waals surface area contributed by atoms with Crippen LogP contribution >= 0.6 is 0 Å². The number of nitrogens with one attached hydrogen (secondary N) is 3. The van der Waals surface area contributed by atoms with E-state index in [1.165, 1.54) is 7.05 Å². The molecule has 0 aliphatic carbocycles. The third-order valence-corrected chi connectivity index (χ3v) is 14.9. The molecule has 6 heterocycles. The van der Waals surface area contributed by atoms with Crippen LogP contribution in [0.25, 0.3) is 50.0 Å². The van der Waals surface area contributed by atoms with Crippen LogP contribution in [0.3, 0.4) is 0 Å². The number of aryl methyl sites for hydroxylation is 3. The van der Waals surface area contributed by atoms with Gasteiger partial charge in [-0.2, -0.15) is 0 Å². The summed E-state index contributed by atoms with van der Waals surface area (Å²) in [6, 6.07) is 24.6. The number of ether oxygens (including phenoxy) is 3. The van der Waals surface area contributed by atoms with E-state index in [9.17, 15) is 39.1 Å². The minimum atomic E-state index is -1.00. The van der Waals surface area contributed by atoms with E-state index in [0.717, 1.165) is 80.2 Å². The molecule has 0 aliphatic rings. The molecule has 4 aromatic carbocycles. The summed E-state index contributed by atoms with van der Waals surface area (Å²) in [6.07, 6.45) is 8.66. The topological polar surface area (TPSA) is 339 Å². The smallest absolute Gasteiger partial charge is 0.335 e. The van der Waals surface area contributed by atoms with Gasteiger partial charge in [-0.05, 0) is 176 Å². The Labute approximate surface area is 562 Å². The molecule has 6 aromatic heterocycles. The van der Waals surface area contributed by atoms with Gasteiger partial charge in [-0.15, -0.1) is 30.6 Å². The van der Waals surface area contributed by atoms with Crippen molar-refractivity contribution in [1.82, 2.24) is 63.8 Å². The van der Waals surface area contributed by atoms with Crippen LogP contribution in [0.4, 0.5) is 17.5 Å². The number of hydrogen-bond acceptors (Lipinski definition) is 22. The maximum absolute atomic E-state index is 12.9. The highest BCUT2D eigenvalue weighted by Crippen LogP contribution is 2.28. The van der Waals surface area contributed by atoms with E-state index in [0.29, 0.717) is 123 Å². The average Bonchev–Trinajstić information content (AvgIpc) is 1.72. The number of carbonyl (C=O) groups excluding carboxylic acids is 5. The number of aromatic carboxylic acids is 1. The summed E-state index contributed by atoms with van der Waals surface area (Å²) >= 11 is 0. The second-order valence-corrected chi connectivity index (χ2v) is 26.5. The van der Waals surface area contributed by atoms with Gasteiger partial charge in [0.15, 0.2) is 23.2 Å². The predicted molar refractivity (Wildman–Crippen MR) is 368 cm³/mol. The number of anilines is 3. The van der Waals surface area contributed by atoms with Gasteiger partial charge in [0.05, 0.1) is 38.7 Å². The third kappa shape index (κ3) is 19.9. The highest BCUT2D eigenvalue weighted by atomic mass is 16.6. The first-order chi connectivity index (χ1) is 45.9. The van der Waals surface area contributed by atoms with Gasteiger partial charge >= 0.3 is 23.9 Å². The molecule has 0 radical (unpaired) electrons. The molecule has 0 bridgehead atoms. The average molecular weight is 1330 g/mol. The Morgan fingerprint density at radius 2 is 0.763 bits per heavy atom. The number of benzene rings is 4. The molecular formula is C70H88N16O11. The van der Waals surface area contributed by atoms with Gasteiger partial charge in [0.1, 0.15) is 34.3 Å². The monoisotopic (exact) mass is 1330 g/mol. The number of hydroxylamine groups is 2. The summed E-state index contributed by atoms with van der Waals surface area (Å²) < 4.78 is 21.7. The fourth-order valence-electron chi connectivity index (χ4n) is 10.5. The molecule has 0 saturated carbocycles. The number of rotatable bonds is 25. The minimum absolute atomic E-state index is 0.0469. The Bertz CT molecular complexity index is 4470. The second-order valence-electron chi connectivity index (χ2n) is 26.5. The van der Waals surface area contributed by atoms with Crippen LogP contribution in [-0.2, 0) is 28.6 Å². The Morgan fingerprint density at radius 1 is 0.433 bits per heavy atom. The van der Waals surface area contributed by atoms with Gasteiger partial charge in [0.2, 0.25) is 16.9 Å².